The van der Waals surface area contributed by atoms with Gasteiger partial charge in [0, 0.05) is 52.0 Å². The first-order chi connectivity index (χ1) is 15.1. The first kappa shape index (κ1) is 21.9. The molecule has 2 fully saturated rings. The zero-order chi connectivity index (χ0) is 21.6. The molecule has 0 aliphatic carbocycles. The molecule has 8 heteroatoms. The summed E-state index contributed by atoms with van der Waals surface area (Å²) in [4.78, 5) is 16.7. The first-order valence-electron chi connectivity index (χ1n) is 11.3. The average molecular weight is 443 g/mol. The van der Waals surface area contributed by atoms with Crippen molar-refractivity contribution in [2.24, 2.45) is 4.99 Å². The van der Waals surface area contributed by atoms with E-state index in [2.05, 4.69) is 70.4 Å². The highest BCUT2D eigenvalue weighted by Crippen LogP contribution is 2.22. The second-order valence-corrected chi connectivity index (χ2v) is 9.21. The van der Waals surface area contributed by atoms with Gasteiger partial charge in [0.15, 0.2) is 5.96 Å². The van der Waals surface area contributed by atoms with E-state index < -0.39 is 0 Å². The lowest BCUT2D eigenvalue weighted by Gasteiger charge is -2.37. The summed E-state index contributed by atoms with van der Waals surface area (Å²) >= 11 is 1.81. The number of guanidine groups is 1. The number of aromatic nitrogens is 1. The number of pyridine rings is 1. The summed E-state index contributed by atoms with van der Waals surface area (Å²) in [6.45, 7) is 13.7. The predicted molar refractivity (Wildman–Crippen MR) is 129 cm³/mol. The van der Waals surface area contributed by atoms with Crippen molar-refractivity contribution in [1.29, 1.82) is 0 Å². The van der Waals surface area contributed by atoms with Crippen molar-refractivity contribution in [3.8, 4) is 0 Å². The van der Waals surface area contributed by atoms with Crippen LogP contribution in [0.15, 0.2) is 40.8 Å². The summed E-state index contributed by atoms with van der Waals surface area (Å²) in [6, 6.07) is 8.59. The molecular formula is C23H34N6OS. The van der Waals surface area contributed by atoms with Crippen molar-refractivity contribution in [2.75, 3.05) is 55.6 Å². The number of aliphatic imine (C=N–C) groups is 1. The third-order valence-corrected chi connectivity index (χ3v) is 6.63. The van der Waals surface area contributed by atoms with Gasteiger partial charge in [-0.15, -0.1) is 11.3 Å². The van der Waals surface area contributed by atoms with Crippen molar-refractivity contribution in [2.45, 2.75) is 39.5 Å². The van der Waals surface area contributed by atoms with Gasteiger partial charge < -0.3 is 24.8 Å². The molecule has 2 atom stereocenters. The largest absolute Gasteiger partial charge is 0.372 e. The second-order valence-electron chi connectivity index (χ2n) is 8.28. The number of hydrogen-bond donors (Lipinski definition) is 1. The van der Waals surface area contributed by atoms with Crippen LogP contribution >= 0.6 is 11.3 Å². The maximum absolute atomic E-state index is 5.83. The third kappa shape index (κ3) is 5.68. The SMILES string of the molecule is CCNC(=NCc1ccc(N2CC(C)OC(C)C2)nc1)N1CCN(c2cccs2)CC1. The summed E-state index contributed by atoms with van der Waals surface area (Å²) in [5, 5.41) is 6.97. The van der Waals surface area contributed by atoms with E-state index in [0.717, 1.165) is 63.2 Å². The Morgan fingerprint density at radius 3 is 2.52 bits per heavy atom. The minimum Gasteiger partial charge on any atom is -0.372 e. The molecule has 0 spiro atoms. The molecule has 2 saturated heterocycles. The topological polar surface area (TPSA) is 56.2 Å². The van der Waals surface area contributed by atoms with E-state index in [1.54, 1.807) is 0 Å². The van der Waals surface area contributed by atoms with Gasteiger partial charge in [0.05, 0.1) is 23.8 Å². The molecule has 2 aromatic heterocycles. The smallest absolute Gasteiger partial charge is 0.194 e. The molecule has 0 amide bonds. The third-order valence-electron chi connectivity index (χ3n) is 5.70. The Bertz CT molecular complexity index is 822. The number of ether oxygens (including phenoxy) is 1. The number of nitrogens with zero attached hydrogens (tertiary/aromatic N) is 5. The lowest BCUT2D eigenvalue weighted by Crippen LogP contribution is -2.52. The van der Waals surface area contributed by atoms with Crippen LogP contribution in [0.2, 0.25) is 0 Å². The van der Waals surface area contributed by atoms with Gasteiger partial charge >= 0.3 is 0 Å². The Labute approximate surface area is 189 Å². The molecule has 2 aliphatic heterocycles. The Morgan fingerprint density at radius 1 is 1.13 bits per heavy atom. The molecule has 0 saturated carbocycles. The molecule has 0 radical (unpaired) electrons. The summed E-state index contributed by atoms with van der Waals surface area (Å²) in [5.74, 6) is 2.01. The lowest BCUT2D eigenvalue weighted by atomic mass is 10.2. The van der Waals surface area contributed by atoms with E-state index >= 15 is 0 Å². The van der Waals surface area contributed by atoms with Gasteiger partial charge in [-0.3, -0.25) is 0 Å². The van der Waals surface area contributed by atoms with Crippen LogP contribution < -0.4 is 15.1 Å². The van der Waals surface area contributed by atoms with E-state index in [1.165, 1.54) is 5.00 Å². The van der Waals surface area contributed by atoms with Gasteiger partial charge in [-0.1, -0.05) is 6.07 Å². The normalized spacial score (nSPS) is 22.7. The fraction of sp³-hybridized carbons (Fsp3) is 0.565. The maximum Gasteiger partial charge on any atom is 0.194 e. The quantitative estimate of drug-likeness (QED) is 0.567. The van der Waals surface area contributed by atoms with E-state index in [9.17, 15) is 0 Å². The van der Waals surface area contributed by atoms with Gasteiger partial charge in [-0.2, -0.15) is 0 Å². The summed E-state index contributed by atoms with van der Waals surface area (Å²) in [7, 11) is 0. The second kappa shape index (κ2) is 10.3. The summed E-state index contributed by atoms with van der Waals surface area (Å²) in [6.07, 6.45) is 2.43. The highest BCUT2D eigenvalue weighted by Gasteiger charge is 2.23. The van der Waals surface area contributed by atoms with Gasteiger partial charge in [-0.05, 0) is 49.9 Å². The van der Waals surface area contributed by atoms with Crippen LogP contribution in [0.3, 0.4) is 0 Å². The zero-order valence-corrected chi connectivity index (χ0v) is 19.6. The highest BCUT2D eigenvalue weighted by molar-refractivity contribution is 7.14. The van der Waals surface area contributed by atoms with Crippen LogP contribution in [0.25, 0.3) is 0 Å². The number of morpholine rings is 1. The minimum atomic E-state index is 0.234. The van der Waals surface area contributed by atoms with Crippen LogP contribution in [0.5, 0.6) is 0 Å². The zero-order valence-electron chi connectivity index (χ0n) is 18.8. The summed E-state index contributed by atoms with van der Waals surface area (Å²) < 4.78 is 5.83. The molecule has 168 valence electrons. The standard InChI is InChI=1S/C23H34N6OS/c1-4-24-23(28-11-9-27(10-12-28)22-6-5-13-31-22)26-15-20-7-8-21(25-14-20)29-16-18(2)30-19(3)17-29/h5-8,13-14,18-19H,4,9-12,15-17H2,1-3H3,(H,24,26). The van der Waals surface area contributed by atoms with Crippen molar-refractivity contribution >= 4 is 28.1 Å². The molecule has 2 aromatic rings. The van der Waals surface area contributed by atoms with Crippen LogP contribution in [-0.2, 0) is 11.3 Å². The molecule has 4 heterocycles. The van der Waals surface area contributed by atoms with Crippen LogP contribution in [-0.4, -0.2) is 73.9 Å². The predicted octanol–water partition coefficient (Wildman–Crippen LogP) is 3.04. The number of hydrogen-bond acceptors (Lipinski definition) is 6. The van der Waals surface area contributed by atoms with Gasteiger partial charge in [0.2, 0.25) is 0 Å². The van der Waals surface area contributed by atoms with E-state index in [4.69, 9.17) is 14.7 Å². The molecule has 7 nitrogen and oxygen atoms in total. The number of anilines is 2. The van der Waals surface area contributed by atoms with Crippen molar-refractivity contribution < 1.29 is 4.74 Å². The fourth-order valence-electron chi connectivity index (χ4n) is 4.24. The van der Waals surface area contributed by atoms with Crippen molar-refractivity contribution in [1.82, 2.24) is 15.2 Å². The van der Waals surface area contributed by atoms with Crippen LogP contribution in [0.1, 0.15) is 26.3 Å². The highest BCUT2D eigenvalue weighted by atomic mass is 32.1. The number of rotatable bonds is 5. The monoisotopic (exact) mass is 442 g/mol. The lowest BCUT2D eigenvalue weighted by molar-refractivity contribution is -0.00545. The molecule has 2 aliphatic rings. The average Bonchev–Trinajstić information content (AvgIpc) is 3.31. The molecule has 0 aromatic carbocycles. The Morgan fingerprint density at radius 2 is 1.90 bits per heavy atom. The van der Waals surface area contributed by atoms with Crippen molar-refractivity contribution in [3.63, 3.8) is 0 Å². The Hall–Kier alpha value is -2.32. The van der Waals surface area contributed by atoms with E-state index in [-0.39, 0.29) is 12.2 Å². The van der Waals surface area contributed by atoms with E-state index in [1.807, 2.05) is 17.5 Å². The van der Waals surface area contributed by atoms with E-state index in [0.29, 0.717) is 6.54 Å². The molecule has 4 rings (SSSR count). The minimum absolute atomic E-state index is 0.234. The van der Waals surface area contributed by atoms with Crippen LogP contribution in [0.4, 0.5) is 10.8 Å². The fourth-order valence-corrected chi connectivity index (χ4v) is 5.03. The molecule has 2 unspecified atom stereocenters. The van der Waals surface area contributed by atoms with Crippen molar-refractivity contribution in [3.05, 3.63) is 41.4 Å². The number of nitrogens with one attached hydrogen (secondary N) is 1. The Balaban J connectivity index is 1.35. The van der Waals surface area contributed by atoms with Gasteiger partial charge in [0.1, 0.15) is 5.82 Å². The van der Waals surface area contributed by atoms with Gasteiger partial charge in [0.25, 0.3) is 0 Å². The van der Waals surface area contributed by atoms with Crippen LogP contribution in [0, 0.1) is 0 Å². The molecular weight excluding hydrogens is 408 g/mol. The number of piperazine rings is 1. The Kier molecular flexibility index (Phi) is 7.29. The van der Waals surface area contributed by atoms with Gasteiger partial charge in [-0.25, -0.2) is 9.98 Å². The maximum atomic E-state index is 5.83. The molecule has 1 N–H and O–H groups in total. The number of thiophene rings is 1. The summed E-state index contributed by atoms with van der Waals surface area (Å²) in [5.41, 5.74) is 1.13. The molecule has 0 bridgehead atoms. The first-order valence-corrected chi connectivity index (χ1v) is 12.2. The molecule has 31 heavy (non-hydrogen) atoms.